The fourth-order valence-electron chi connectivity index (χ4n) is 1.68. The van der Waals surface area contributed by atoms with E-state index in [1.165, 1.54) is 12.1 Å². The van der Waals surface area contributed by atoms with E-state index in [2.05, 4.69) is 21.2 Å². The van der Waals surface area contributed by atoms with Crippen molar-refractivity contribution in [3.8, 4) is 5.75 Å². The predicted octanol–water partition coefficient (Wildman–Crippen LogP) is 2.58. The van der Waals surface area contributed by atoms with Crippen LogP contribution in [0, 0.1) is 11.7 Å². The second kappa shape index (κ2) is 4.94. The lowest BCUT2D eigenvalue weighted by Gasteiger charge is -2.11. The van der Waals surface area contributed by atoms with Gasteiger partial charge >= 0.3 is 0 Å². The molecule has 1 fully saturated rings. The molecule has 0 bridgehead atoms. The fourth-order valence-corrected chi connectivity index (χ4v) is 2.13. The molecule has 1 aliphatic rings. The van der Waals surface area contributed by atoms with Crippen LogP contribution in [0.4, 0.5) is 4.39 Å². The van der Waals surface area contributed by atoms with Crippen molar-refractivity contribution in [1.82, 2.24) is 5.32 Å². The van der Waals surface area contributed by atoms with Crippen LogP contribution < -0.4 is 10.1 Å². The summed E-state index contributed by atoms with van der Waals surface area (Å²) in [4.78, 5) is 0. The first-order valence-electron chi connectivity index (χ1n) is 5.03. The minimum absolute atomic E-state index is 0.274. The van der Waals surface area contributed by atoms with E-state index in [0.717, 1.165) is 19.5 Å². The van der Waals surface area contributed by atoms with Gasteiger partial charge in [0, 0.05) is 23.0 Å². The number of rotatable bonds is 3. The zero-order valence-corrected chi connectivity index (χ0v) is 9.89. The van der Waals surface area contributed by atoms with Gasteiger partial charge in [0.15, 0.2) is 0 Å². The van der Waals surface area contributed by atoms with Gasteiger partial charge in [-0.1, -0.05) is 15.9 Å². The summed E-state index contributed by atoms with van der Waals surface area (Å²) in [6.45, 7) is 2.71. The van der Waals surface area contributed by atoms with Crippen molar-refractivity contribution in [2.24, 2.45) is 5.92 Å². The maximum atomic E-state index is 13.0. The molecule has 1 aromatic carbocycles. The highest BCUT2D eigenvalue weighted by Crippen LogP contribution is 2.21. The molecule has 1 N–H and O–H groups in total. The molecule has 0 radical (unpaired) electrons. The van der Waals surface area contributed by atoms with Gasteiger partial charge in [-0.15, -0.1) is 0 Å². The maximum absolute atomic E-state index is 13.0. The van der Waals surface area contributed by atoms with Gasteiger partial charge < -0.3 is 10.1 Å². The molecule has 4 heteroatoms. The van der Waals surface area contributed by atoms with Crippen molar-refractivity contribution in [1.29, 1.82) is 0 Å². The van der Waals surface area contributed by atoms with Crippen molar-refractivity contribution in [2.45, 2.75) is 6.42 Å². The van der Waals surface area contributed by atoms with E-state index in [1.807, 2.05) is 0 Å². The molecule has 1 aromatic rings. The van der Waals surface area contributed by atoms with Crippen LogP contribution in [0.25, 0.3) is 0 Å². The highest BCUT2D eigenvalue weighted by Gasteiger charge is 2.15. The molecule has 2 nitrogen and oxygen atoms in total. The lowest BCUT2D eigenvalue weighted by Crippen LogP contribution is -2.15. The van der Waals surface area contributed by atoms with Crippen molar-refractivity contribution in [3.05, 3.63) is 28.5 Å². The zero-order chi connectivity index (χ0) is 10.7. The number of halogens is 2. The summed E-state index contributed by atoms with van der Waals surface area (Å²) in [6, 6.07) is 4.61. The van der Waals surface area contributed by atoms with Crippen molar-refractivity contribution >= 4 is 15.9 Å². The van der Waals surface area contributed by atoms with E-state index < -0.39 is 0 Å². The third kappa shape index (κ3) is 3.18. The Labute approximate surface area is 96.9 Å². The smallest absolute Gasteiger partial charge is 0.128 e. The third-order valence-corrected chi connectivity index (χ3v) is 2.94. The number of nitrogens with one attached hydrogen (secondary N) is 1. The van der Waals surface area contributed by atoms with Crippen LogP contribution in [0.5, 0.6) is 5.75 Å². The van der Waals surface area contributed by atoms with Crippen LogP contribution in [0.2, 0.25) is 0 Å². The molecule has 0 spiro atoms. The number of benzene rings is 1. The Balaban J connectivity index is 1.92. The van der Waals surface area contributed by atoms with Crippen LogP contribution >= 0.6 is 15.9 Å². The quantitative estimate of drug-likeness (QED) is 0.914. The molecule has 0 amide bonds. The lowest BCUT2D eigenvalue weighted by atomic mass is 10.1. The Hall–Kier alpha value is -0.610. The van der Waals surface area contributed by atoms with Crippen molar-refractivity contribution in [3.63, 3.8) is 0 Å². The molecule has 0 saturated carbocycles. The van der Waals surface area contributed by atoms with E-state index in [9.17, 15) is 4.39 Å². The molecule has 1 atom stereocenters. The second-order valence-electron chi connectivity index (χ2n) is 3.77. The van der Waals surface area contributed by atoms with E-state index in [1.54, 1.807) is 6.07 Å². The molecule has 1 unspecified atom stereocenters. The summed E-state index contributed by atoms with van der Waals surface area (Å²) in [7, 11) is 0. The Kier molecular flexibility index (Phi) is 3.59. The van der Waals surface area contributed by atoms with Crippen molar-refractivity contribution in [2.75, 3.05) is 19.7 Å². The second-order valence-corrected chi connectivity index (χ2v) is 4.69. The summed E-state index contributed by atoms with van der Waals surface area (Å²) >= 11 is 3.23. The van der Waals surface area contributed by atoms with Gasteiger partial charge in [0.2, 0.25) is 0 Å². The molecule has 0 aromatic heterocycles. The summed E-state index contributed by atoms with van der Waals surface area (Å²) < 4.78 is 19.3. The van der Waals surface area contributed by atoms with E-state index >= 15 is 0 Å². The van der Waals surface area contributed by atoms with Crippen LogP contribution in [-0.2, 0) is 0 Å². The molecule has 0 aliphatic carbocycles. The Morgan fingerprint density at radius 1 is 1.47 bits per heavy atom. The molecule has 15 heavy (non-hydrogen) atoms. The molecule has 82 valence electrons. The standard InChI is InChI=1S/C11H13BrFNO/c12-9-3-10(13)5-11(4-9)15-7-8-1-2-14-6-8/h3-5,8,14H,1-2,6-7H2. The summed E-state index contributed by atoms with van der Waals surface area (Å²) in [5, 5.41) is 3.27. The largest absolute Gasteiger partial charge is 0.493 e. The first-order valence-corrected chi connectivity index (χ1v) is 5.83. The van der Waals surface area contributed by atoms with Gasteiger partial charge in [0.1, 0.15) is 11.6 Å². The highest BCUT2D eigenvalue weighted by atomic mass is 79.9. The molecular weight excluding hydrogens is 261 g/mol. The monoisotopic (exact) mass is 273 g/mol. The zero-order valence-electron chi connectivity index (χ0n) is 8.30. The molecule has 1 heterocycles. The Morgan fingerprint density at radius 3 is 3.00 bits per heavy atom. The normalized spacial score (nSPS) is 20.5. The van der Waals surface area contributed by atoms with Gasteiger partial charge in [-0.25, -0.2) is 4.39 Å². The summed E-state index contributed by atoms with van der Waals surface area (Å²) in [5.74, 6) is 0.865. The highest BCUT2D eigenvalue weighted by molar-refractivity contribution is 9.10. The Bertz CT molecular complexity index is 319. The minimum Gasteiger partial charge on any atom is -0.493 e. The number of hydrogen-bond donors (Lipinski definition) is 1. The molecule has 1 saturated heterocycles. The molecule has 1 aliphatic heterocycles. The molecular formula is C11H13BrFNO. The minimum atomic E-state index is -0.274. The Morgan fingerprint density at radius 2 is 2.33 bits per heavy atom. The van der Waals surface area contributed by atoms with E-state index in [4.69, 9.17) is 4.74 Å². The topological polar surface area (TPSA) is 21.3 Å². The van der Waals surface area contributed by atoms with Crippen molar-refractivity contribution < 1.29 is 9.13 Å². The van der Waals surface area contributed by atoms with Crippen LogP contribution in [0.3, 0.4) is 0 Å². The third-order valence-electron chi connectivity index (χ3n) is 2.48. The summed E-state index contributed by atoms with van der Waals surface area (Å²) in [6.07, 6.45) is 1.14. The van der Waals surface area contributed by atoms with Crippen LogP contribution in [-0.4, -0.2) is 19.7 Å². The number of ether oxygens (including phenoxy) is 1. The first-order chi connectivity index (χ1) is 7.24. The van der Waals surface area contributed by atoms with Gasteiger partial charge in [0.25, 0.3) is 0 Å². The van der Waals surface area contributed by atoms with Gasteiger partial charge in [0.05, 0.1) is 6.61 Å². The SMILES string of the molecule is Fc1cc(Br)cc(OCC2CCNC2)c1. The first kappa shape index (κ1) is 10.9. The van der Waals surface area contributed by atoms with E-state index in [0.29, 0.717) is 22.7 Å². The van der Waals surface area contributed by atoms with Gasteiger partial charge in [-0.05, 0) is 25.1 Å². The predicted molar refractivity (Wildman–Crippen MR) is 60.6 cm³/mol. The van der Waals surface area contributed by atoms with Crippen LogP contribution in [0.15, 0.2) is 22.7 Å². The van der Waals surface area contributed by atoms with Crippen LogP contribution in [0.1, 0.15) is 6.42 Å². The average molecular weight is 274 g/mol. The van der Waals surface area contributed by atoms with Gasteiger partial charge in [-0.2, -0.15) is 0 Å². The van der Waals surface area contributed by atoms with E-state index in [-0.39, 0.29) is 5.82 Å². The fraction of sp³-hybridized carbons (Fsp3) is 0.455. The van der Waals surface area contributed by atoms with Gasteiger partial charge in [-0.3, -0.25) is 0 Å². The number of hydrogen-bond acceptors (Lipinski definition) is 2. The molecule has 2 rings (SSSR count). The lowest BCUT2D eigenvalue weighted by molar-refractivity contribution is 0.259. The summed E-state index contributed by atoms with van der Waals surface area (Å²) in [5.41, 5.74) is 0. The average Bonchev–Trinajstić information content (AvgIpc) is 2.65. The maximum Gasteiger partial charge on any atom is 0.128 e.